The Kier molecular flexibility index (Phi) is 3.76. The van der Waals surface area contributed by atoms with E-state index in [1.165, 1.54) is 23.4 Å². The second-order valence-corrected chi connectivity index (χ2v) is 8.58. The lowest BCUT2D eigenvalue weighted by molar-refractivity contribution is -0.128. The van der Waals surface area contributed by atoms with Gasteiger partial charge in [-0.1, -0.05) is 0 Å². The molecule has 0 saturated carbocycles. The molecule has 2 aliphatic carbocycles. The van der Waals surface area contributed by atoms with E-state index >= 15 is 0 Å². The summed E-state index contributed by atoms with van der Waals surface area (Å²) in [6.45, 7) is 3.31. The van der Waals surface area contributed by atoms with E-state index in [1.54, 1.807) is 0 Å². The lowest BCUT2D eigenvalue weighted by Crippen LogP contribution is -2.55. The van der Waals surface area contributed by atoms with Gasteiger partial charge in [-0.05, 0) is 57.6 Å². The van der Waals surface area contributed by atoms with Crippen LogP contribution in [0, 0.1) is 5.92 Å². The quantitative estimate of drug-likeness (QED) is 0.833. The molecule has 2 N–H and O–H groups in total. The molecule has 0 bridgehead atoms. The van der Waals surface area contributed by atoms with Gasteiger partial charge >= 0.3 is 0 Å². The summed E-state index contributed by atoms with van der Waals surface area (Å²) in [6.07, 6.45) is 7.02. The molecule has 6 nitrogen and oxygen atoms in total. The number of aromatic amines is 1. The number of amides is 1. The monoisotopic (exact) mass is 356 g/mol. The summed E-state index contributed by atoms with van der Waals surface area (Å²) >= 11 is 0. The van der Waals surface area contributed by atoms with Gasteiger partial charge in [0.25, 0.3) is 0 Å². The van der Waals surface area contributed by atoms with E-state index in [9.17, 15) is 9.59 Å². The van der Waals surface area contributed by atoms with Crippen LogP contribution in [0.25, 0.3) is 0 Å². The number of rotatable bonds is 2. The van der Waals surface area contributed by atoms with Crippen LogP contribution in [0.2, 0.25) is 0 Å². The van der Waals surface area contributed by atoms with Crippen LogP contribution in [-0.2, 0) is 24.1 Å². The normalized spacial score (nSPS) is 28.4. The van der Waals surface area contributed by atoms with E-state index in [4.69, 9.17) is 0 Å². The summed E-state index contributed by atoms with van der Waals surface area (Å²) in [4.78, 5) is 33.5. The van der Waals surface area contributed by atoms with Crippen LogP contribution < -0.4 is 5.32 Å². The molecule has 3 heterocycles. The van der Waals surface area contributed by atoms with Gasteiger partial charge in [0.2, 0.25) is 5.91 Å². The molecule has 1 spiro atoms. The van der Waals surface area contributed by atoms with Crippen molar-refractivity contribution in [1.29, 1.82) is 0 Å². The van der Waals surface area contributed by atoms with E-state index in [-0.39, 0.29) is 17.4 Å². The standard InChI is InChI=1S/C20H28N4O2/c1-23-12-21-19(26)20(23)7-9-24(10-8-20)11-13-5-6-16-17(18(13)25)14-3-2-4-15(14)22-16/h13,22H,2-12H2,1H3,(H,21,26). The van der Waals surface area contributed by atoms with E-state index in [1.807, 2.05) is 7.05 Å². The Hall–Kier alpha value is -1.66. The van der Waals surface area contributed by atoms with Crippen molar-refractivity contribution in [1.82, 2.24) is 20.1 Å². The SMILES string of the molecule is CN1CNC(=O)C12CCN(CC1CCc3[nH]c4c(c3C1=O)CCC4)CC2. The van der Waals surface area contributed by atoms with Gasteiger partial charge in [-0.3, -0.25) is 14.5 Å². The molecular weight excluding hydrogens is 328 g/mol. The highest BCUT2D eigenvalue weighted by atomic mass is 16.2. The van der Waals surface area contributed by atoms with Crippen LogP contribution in [-0.4, -0.2) is 65.4 Å². The van der Waals surface area contributed by atoms with Gasteiger partial charge in [0, 0.05) is 42.5 Å². The number of carbonyl (C=O) groups is 2. The zero-order valence-electron chi connectivity index (χ0n) is 15.6. The molecule has 5 rings (SSSR count). The number of nitrogens with zero attached hydrogens (tertiary/aromatic N) is 2. The maximum atomic E-state index is 13.1. The number of hydrogen-bond acceptors (Lipinski definition) is 4. The number of aromatic nitrogens is 1. The fourth-order valence-electron chi connectivity index (χ4n) is 5.60. The zero-order chi connectivity index (χ0) is 17.9. The van der Waals surface area contributed by atoms with Gasteiger partial charge in [0.05, 0.1) is 6.67 Å². The average Bonchev–Trinajstić information content (AvgIpc) is 3.29. The van der Waals surface area contributed by atoms with Crippen LogP contribution in [0.3, 0.4) is 0 Å². The van der Waals surface area contributed by atoms with E-state index in [0.29, 0.717) is 12.5 Å². The molecule has 6 heteroatoms. The molecule has 2 saturated heterocycles. The molecule has 140 valence electrons. The zero-order valence-corrected chi connectivity index (χ0v) is 15.6. The third-order valence-electron chi connectivity index (χ3n) is 7.28. The first-order valence-corrected chi connectivity index (χ1v) is 10.1. The van der Waals surface area contributed by atoms with E-state index < -0.39 is 0 Å². The number of Topliss-reactive ketones (excluding diaryl/α,β-unsaturated/α-hetero) is 1. The number of carbonyl (C=O) groups excluding carboxylic acids is 2. The summed E-state index contributed by atoms with van der Waals surface area (Å²) in [6, 6.07) is 0. The van der Waals surface area contributed by atoms with Gasteiger partial charge in [0.1, 0.15) is 5.54 Å². The number of fused-ring (bicyclic) bond motifs is 3. The first-order chi connectivity index (χ1) is 12.6. The second-order valence-electron chi connectivity index (χ2n) is 8.58. The average molecular weight is 356 g/mol. The molecule has 4 aliphatic rings. The Bertz CT molecular complexity index is 760. The number of hydrogen-bond donors (Lipinski definition) is 2. The highest BCUT2D eigenvalue weighted by Gasteiger charge is 2.48. The minimum Gasteiger partial charge on any atom is -0.361 e. The van der Waals surface area contributed by atoms with E-state index in [0.717, 1.165) is 63.7 Å². The number of ketones is 1. The molecule has 1 aromatic heterocycles. The van der Waals surface area contributed by atoms with Crippen LogP contribution in [0.4, 0.5) is 0 Å². The Morgan fingerprint density at radius 2 is 1.92 bits per heavy atom. The maximum Gasteiger partial charge on any atom is 0.241 e. The largest absolute Gasteiger partial charge is 0.361 e. The van der Waals surface area contributed by atoms with Crippen molar-refractivity contribution in [2.45, 2.75) is 50.5 Å². The molecule has 0 radical (unpaired) electrons. The molecule has 1 unspecified atom stereocenters. The minimum absolute atomic E-state index is 0.118. The lowest BCUT2D eigenvalue weighted by atomic mass is 9.82. The van der Waals surface area contributed by atoms with Crippen molar-refractivity contribution in [3.8, 4) is 0 Å². The fourth-order valence-corrected chi connectivity index (χ4v) is 5.60. The Labute approximate surface area is 154 Å². The van der Waals surface area contributed by atoms with Crippen LogP contribution in [0.1, 0.15) is 53.0 Å². The smallest absolute Gasteiger partial charge is 0.241 e. The Balaban J connectivity index is 1.27. The van der Waals surface area contributed by atoms with Crippen molar-refractivity contribution < 1.29 is 9.59 Å². The maximum absolute atomic E-state index is 13.1. The van der Waals surface area contributed by atoms with Crippen LogP contribution >= 0.6 is 0 Å². The molecule has 1 amide bonds. The van der Waals surface area contributed by atoms with Gasteiger partial charge in [0.15, 0.2) is 5.78 Å². The van der Waals surface area contributed by atoms with Gasteiger partial charge in [-0.15, -0.1) is 0 Å². The van der Waals surface area contributed by atoms with Crippen molar-refractivity contribution in [3.05, 3.63) is 22.5 Å². The minimum atomic E-state index is -0.318. The third-order valence-corrected chi connectivity index (χ3v) is 7.28. The number of aryl methyl sites for hydroxylation is 2. The Morgan fingerprint density at radius 1 is 1.12 bits per heavy atom. The first kappa shape index (κ1) is 16.5. The number of likely N-dealkylation sites (N-methyl/N-ethyl adjacent to an activating group) is 1. The van der Waals surface area contributed by atoms with Crippen molar-refractivity contribution >= 4 is 11.7 Å². The molecule has 2 aliphatic heterocycles. The molecule has 26 heavy (non-hydrogen) atoms. The lowest BCUT2D eigenvalue weighted by Gasteiger charge is -2.42. The van der Waals surface area contributed by atoms with Crippen LogP contribution in [0.15, 0.2) is 0 Å². The molecule has 1 atom stereocenters. The number of nitrogens with one attached hydrogen (secondary N) is 2. The molecule has 1 aromatic rings. The van der Waals surface area contributed by atoms with Crippen molar-refractivity contribution in [2.24, 2.45) is 5.92 Å². The third kappa shape index (κ3) is 2.31. The number of H-pyrrole nitrogens is 1. The number of piperidine rings is 1. The Morgan fingerprint density at radius 3 is 2.65 bits per heavy atom. The van der Waals surface area contributed by atoms with Crippen molar-refractivity contribution in [2.75, 3.05) is 33.4 Å². The molecule has 0 aromatic carbocycles. The van der Waals surface area contributed by atoms with Gasteiger partial charge < -0.3 is 15.2 Å². The highest BCUT2D eigenvalue weighted by molar-refractivity contribution is 6.02. The van der Waals surface area contributed by atoms with Gasteiger partial charge in [-0.25, -0.2) is 0 Å². The number of likely N-dealkylation sites (tertiary alicyclic amines) is 1. The summed E-state index contributed by atoms with van der Waals surface area (Å²) in [5, 5.41) is 2.98. The summed E-state index contributed by atoms with van der Waals surface area (Å²) in [7, 11) is 2.03. The van der Waals surface area contributed by atoms with E-state index in [2.05, 4.69) is 20.1 Å². The van der Waals surface area contributed by atoms with Crippen molar-refractivity contribution in [3.63, 3.8) is 0 Å². The van der Waals surface area contributed by atoms with Gasteiger partial charge in [-0.2, -0.15) is 0 Å². The fraction of sp³-hybridized carbons (Fsp3) is 0.700. The molecule has 2 fully saturated rings. The van der Waals surface area contributed by atoms with Crippen LogP contribution in [0.5, 0.6) is 0 Å². The summed E-state index contributed by atoms with van der Waals surface area (Å²) in [5.41, 5.74) is 4.55. The highest BCUT2D eigenvalue weighted by Crippen LogP contribution is 2.36. The summed E-state index contributed by atoms with van der Waals surface area (Å²) < 4.78 is 0. The second kappa shape index (κ2) is 5.92. The first-order valence-electron chi connectivity index (χ1n) is 10.1. The predicted octanol–water partition coefficient (Wildman–Crippen LogP) is 1.10. The topological polar surface area (TPSA) is 68.4 Å². The summed E-state index contributed by atoms with van der Waals surface area (Å²) in [5.74, 6) is 0.662. The predicted molar refractivity (Wildman–Crippen MR) is 98.1 cm³/mol. The molecular formula is C20H28N4O2.